The Morgan fingerprint density at radius 2 is 2.25 bits per heavy atom. The molecule has 7 heteroatoms. The van der Waals surface area contributed by atoms with E-state index in [0.717, 1.165) is 10.7 Å². The summed E-state index contributed by atoms with van der Waals surface area (Å²) in [6, 6.07) is -0.608. The lowest BCUT2D eigenvalue weighted by Gasteiger charge is -2.14. The van der Waals surface area contributed by atoms with Crippen molar-refractivity contribution in [2.24, 2.45) is 5.73 Å². The standard InChI is InChI=1S/C9H14F3N3S/c1-6(2-9(10,11)12)14-4-7-5-16-8(3-13)15-7/h5-6,14H,2-4,13H2,1H3. The van der Waals surface area contributed by atoms with Crippen LogP contribution in [0.15, 0.2) is 5.38 Å². The molecular weight excluding hydrogens is 239 g/mol. The maximum Gasteiger partial charge on any atom is 0.390 e. The Labute approximate surface area is 95.9 Å². The lowest BCUT2D eigenvalue weighted by atomic mass is 10.2. The summed E-state index contributed by atoms with van der Waals surface area (Å²) in [5, 5.41) is 5.37. The number of nitrogens with two attached hydrogens (primary N) is 1. The van der Waals surface area contributed by atoms with Crippen molar-refractivity contribution in [3.8, 4) is 0 Å². The first-order valence-corrected chi connectivity index (χ1v) is 5.72. The predicted octanol–water partition coefficient (Wildman–Crippen LogP) is 2.03. The monoisotopic (exact) mass is 253 g/mol. The zero-order chi connectivity index (χ0) is 12.2. The lowest BCUT2D eigenvalue weighted by Crippen LogP contribution is -2.30. The molecule has 1 aromatic rings. The van der Waals surface area contributed by atoms with E-state index in [9.17, 15) is 13.2 Å². The minimum absolute atomic E-state index is 0.341. The number of nitrogens with one attached hydrogen (secondary N) is 1. The third-order valence-corrected chi connectivity index (χ3v) is 2.86. The first kappa shape index (κ1) is 13.4. The summed E-state index contributed by atoms with van der Waals surface area (Å²) >= 11 is 1.42. The van der Waals surface area contributed by atoms with Crippen LogP contribution in [0.2, 0.25) is 0 Å². The molecule has 1 atom stereocenters. The van der Waals surface area contributed by atoms with Gasteiger partial charge in [-0.1, -0.05) is 0 Å². The predicted molar refractivity (Wildman–Crippen MR) is 57.0 cm³/mol. The van der Waals surface area contributed by atoms with Crippen molar-refractivity contribution >= 4 is 11.3 Å². The smallest absolute Gasteiger partial charge is 0.325 e. The van der Waals surface area contributed by atoms with Gasteiger partial charge in [-0.05, 0) is 6.92 Å². The number of halogens is 3. The number of thiazole rings is 1. The van der Waals surface area contributed by atoms with Gasteiger partial charge in [0.25, 0.3) is 0 Å². The summed E-state index contributed by atoms with van der Waals surface area (Å²) in [4.78, 5) is 4.15. The molecule has 0 aliphatic rings. The molecule has 0 saturated heterocycles. The van der Waals surface area contributed by atoms with Crippen LogP contribution in [0.1, 0.15) is 24.0 Å². The number of rotatable bonds is 5. The van der Waals surface area contributed by atoms with E-state index in [4.69, 9.17) is 5.73 Å². The van der Waals surface area contributed by atoms with Crippen LogP contribution in [-0.4, -0.2) is 17.2 Å². The fraction of sp³-hybridized carbons (Fsp3) is 0.667. The molecule has 0 aliphatic carbocycles. The molecule has 3 nitrogen and oxygen atoms in total. The highest BCUT2D eigenvalue weighted by atomic mass is 32.1. The van der Waals surface area contributed by atoms with Crippen LogP contribution in [0.25, 0.3) is 0 Å². The maximum absolute atomic E-state index is 12.0. The van der Waals surface area contributed by atoms with Gasteiger partial charge in [-0.15, -0.1) is 11.3 Å². The summed E-state index contributed by atoms with van der Waals surface area (Å²) in [6.07, 6.45) is -4.96. The van der Waals surface area contributed by atoms with Gasteiger partial charge >= 0.3 is 6.18 Å². The summed E-state index contributed by atoms with van der Waals surface area (Å²) in [7, 11) is 0. The summed E-state index contributed by atoms with van der Waals surface area (Å²) < 4.78 is 36.1. The summed E-state index contributed by atoms with van der Waals surface area (Å²) in [5.41, 5.74) is 6.12. The van der Waals surface area contributed by atoms with Crippen molar-refractivity contribution in [2.45, 2.75) is 38.7 Å². The van der Waals surface area contributed by atoms with Crippen molar-refractivity contribution in [1.29, 1.82) is 0 Å². The highest BCUT2D eigenvalue weighted by Crippen LogP contribution is 2.21. The first-order chi connectivity index (χ1) is 7.40. The quantitative estimate of drug-likeness (QED) is 0.844. The van der Waals surface area contributed by atoms with Gasteiger partial charge < -0.3 is 11.1 Å². The molecule has 0 amide bonds. The molecule has 1 unspecified atom stereocenters. The molecule has 1 rings (SSSR count). The van der Waals surface area contributed by atoms with Gasteiger partial charge in [-0.25, -0.2) is 4.98 Å². The lowest BCUT2D eigenvalue weighted by molar-refractivity contribution is -0.139. The zero-order valence-corrected chi connectivity index (χ0v) is 9.66. The number of hydrogen-bond donors (Lipinski definition) is 2. The van der Waals surface area contributed by atoms with Crippen molar-refractivity contribution in [2.75, 3.05) is 0 Å². The Balaban J connectivity index is 2.34. The maximum atomic E-state index is 12.0. The average molecular weight is 253 g/mol. The minimum Gasteiger partial charge on any atom is -0.325 e. The molecule has 0 radical (unpaired) electrons. The fourth-order valence-corrected chi connectivity index (χ4v) is 1.90. The van der Waals surface area contributed by atoms with Crippen molar-refractivity contribution in [3.63, 3.8) is 0 Å². The van der Waals surface area contributed by atoms with Gasteiger partial charge in [-0.2, -0.15) is 13.2 Å². The number of aromatic nitrogens is 1. The van der Waals surface area contributed by atoms with E-state index in [1.54, 1.807) is 5.38 Å². The fourth-order valence-electron chi connectivity index (χ4n) is 1.22. The summed E-state index contributed by atoms with van der Waals surface area (Å²) in [6.45, 7) is 2.21. The SMILES string of the molecule is CC(CC(F)(F)F)NCc1csc(CN)n1. The minimum atomic E-state index is -4.13. The molecule has 1 aromatic heterocycles. The van der Waals surface area contributed by atoms with Crippen molar-refractivity contribution in [3.05, 3.63) is 16.1 Å². The molecule has 1 heterocycles. The van der Waals surface area contributed by atoms with Crippen LogP contribution in [0.5, 0.6) is 0 Å². The van der Waals surface area contributed by atoms with Gasteiger partial charge in [0.15, 0.2) is 0 Å². The van der Waals surface area contributed by atoms with Gasteiger partial charge in [0.05, 0.1) is 12.1 Å². The molecule has 16 heavy (non-hydrogen) atoms. The largest absolute Gasteiger partial charge is 0.390 e. The molecule has 0 saturated carbocycles. The molecule has 0 aromatic carbocycles. The van der Waals surface area contributed by atoms with E-state index in [1.807, 2.05) is 0 Å². The average Bonchev–Trinajstić information content (AvgIpc) is 2.59. The highest BCUT2D eigenvalue weighted by molar-refractivity contribution is 7.09. The Hall–Kier alpha value is -0.660. The normalized spacial score (nSPS) is 14.1. The van der Waals surface area contributed by atoms with Gasteiger partial charge in [0.2, 0.25) is 0 Å². The number of hydrogen-bond acceptors (Lipinski definition) is 4. The van der Waals surface area contributed by atoms with E-state index in [2.05, 4.69) is 10.3 Å². The Morgan fingerprint density at radius 3 is 2.75 bits per heavy atom. The second-order valence-corrected chi connectivity index (χ2v) is 4.48. The van der Waals surface area contributed by atoms with Crippen LogP contribution < -0.4 is 11.1 Å². The van der Waals surface area contributed by atoms with Crippen molar-refractivity contribution in [1.82, 2.24) is 10.3 Å². The number of nitrogens with zero attached hydrogens (tertiary/aromatic N) is 1. The topological polar surface area (TPSA) is 50.9 Å². The summed E-state index contributed by atoms with van der Waals surface area (Å²) in [5.74, 6) is 0. The van der Waals surface area contributed by atoms with Crippen LogP contribution >= 0.6 is 11.3 Å². The Bertz CT molecular complexity index is 324. The van der Waals surface area contributed by atoms with E-state index in [1.165, 1.54) is 18.3 Å². The molecule has 0 aliphatic heterocycles. The Kier molecular flexibility index (Phi) is 4.69. The second-order valence-electron chi connectivity index (χ2n) is 3.54. The molecule has 0 bridgehead atoms. The molecule has 3 N–H and O–H groups in total. The van der Waals surface area contributed by atoms with Crippen LogP contribution in [0.3, 0.4) is 0 Å². The first-order valence-electron chi connectivity index (χ1n) is 4.84. The van der Waals surface area contributed by atoms with E-state index in [0.29, 0.717) is 13.1 Å². The van der Waals surface area contributed by atoms with Gasteiger partial charge in [0.1, 0.15) is 5.01 Å². The number of alkyl halides is 3. The van der Waals surface area contributed by atoms with E-state index < -0.39 is 18.6 Å². The van der Waals surface area contributed by atoms with Crippen molar-refractivity contribution < 1.29 is 13.2 Å². The van der Waals surface area contributed by atoms with E-state index >= 15 is 0 Å². The molecular formula is C9H14F3N3S. The highest BCUT2D eigenvalue weighted by Gasteiger charge is 2.29. The van der Waals surface area contributed by atoms with Crippen LogP contribution in [0.4, 0.5) is 13.2 Å². The van der Waals surface area contributed by atoms with Crippen LogP contribution in [0, 0.1) is 0 Å². The molecule has 0 fully saturated rings. The third kappa shape index (κ3) is 4.91. The molecule has 92 valence electrons. The van der Waals surface area contributed by atoms with E-state index in [-0.39, 0.29) is 0 Å². The Morgan fingerprint density at radius 1 is 1.56 bits per heavy atom. The zero-order valence-electron chi connectivity index (χ0n) is 8.84. The van der Waals surface area contributed by atoms with Gasteiger partial charge in [0, 0.05) is 24.5 Å². The second kappa shape index (κ2) is 5.60. The third-order valence-electron chi connectivity index (χ3n) is 1.94. The van der Waals surface area contributed by atoms with Crippen LogP contribution in [-0.2, 0) is 13.1 Å². The molecule has 0 spiro atoms. The van der Waals surface area contributed by atoms with Gasteiger partial charge in [-0.3, -0.25) is 0 Å².